The van der Waals surface area contributed by atoms with Crippen molar-refractivity contribution in [2.75, 3.05) is 0 Å². The number of non-ortho nitro benzene ring substituents is 2. The molecule has 116 valence electrons. The quantitative estimate of drug-likeness (QED) is 0.583. The number of aromatic hydroxyl groups is 1. The number of nitro benzene ring substituents is 2. The maximum atomic E-state index is 10.8. The fourth-order valence-corrected chi connectivity index (χ4v) is 2.33. The van der Waals surface area contributed by atoms with Crippen molar-refractivity contribution in [1.82, 2.24) is 9.78 Å². The highest BCUT2D eigenvalue weighted by atomic mass is 16.6. The minimum atomic E-state index is -0.559. The molecule has 23 heavy (non-hydrogen) atoms. The van der Waals surface area contributed by atoms with Gasteiger partial charge >= 0.3 is 0 Å². The highest BCUT2D eigenvalue weighted by molar-refractivity contribution is 5.86. The summed E-state index contributed by atoms with van der Waals surface area (Å²) in [7, 11) is 0. The van der Waals surface area contributed by atoms with Gasteiger partial charge in [-0.2, -0.15) is 0 Å². The molecule has 1 heterocycles. The molecule has 0 aliphatic rings. The van der Waals surface area contributed by atoms with Gasteiger partial charge in [0, 0.05) is 24.3 Å². The van der Waals surface area contributed by atoms with E-state index < -0.39 is 9.85 Å². The Bertz CT molecular complexity index is 934. The van der Waals surface area contributed by atoms with Crippen LogP contribution in [0, 0.1) is 20.2 Å². The summed E-state index contributed by atoms with van der Waals surface area (Å²) >= 11 is 0. The third-order valence-corrected chi connectivity index (χ3v) is 3.38. The molecule has 0 spiro atoms. The Morgan fingerprint density at radius 3 is 2.43 bits per heavy atom. The largest absolute Gasteiger partial charge is 0.492 e. The molecule has 0 amide bonds. The highest BCUT2D eigenvalue weighted by Crippen LogP contribution is 2.28. The van der Waals surface area contributed by atoms with E-state index in [2.05, 4.69) is 5.10 Å². The Labute approximate surface area is 128 Å². The summed E-state index contributed by atoms with van der Waals surface area (Å²) in [5.74, 6) is -0.325. The number of rotatable bonds is 4. The monoisotopic (exact) mass is 314 g/mol. The van der Waals surface area contributed by atoms with Gasteiger partial charge in [-0.3, -0.25) is 24.9 Å². The zero-order valence-corrected chi connectivity index (χ0v) is 11.6. The van der Waals surface area contributed by atoms with Gasteiger partial charge in [0.15, 0.2) is 0 Å². The molecule has 1 N–H and O–H groups in total. The third kappa shape index (κ3) is 2.67. The Kier molecular flexibility index (Phi) is 3.37. The summed E-state index contributed by atoms with van der Waals surface area (Å²) in [5.41, 5.74) is 0.933. The van der Waals surface area contributed by atoms with Gasteiger partial charge in [0.2, 0.25) is 5.88 Å². The van der Waals surface area contributed by atoms with Crippen molar-refractivity contribution in [2.45, 2.75) is 6.54 Å². The predicted octanol–water partition coefficient (Wildman–Crippen LogP) is 2.61. The van der Waals surface area contributed by atoms with Crippen LogP contribution in [0.25, 0.3) is 10.9 Å². The number of nitro groups is 2. The van der Waals surface area contributed by atoms with Crippen LogP contribution in [0.2, 0.25) is 0 Å². The molecule has 3 rings (SSSR count). The van der Waals surface area contributed by atoms with Gasteiger partial charge in [-0.25, -0.2) is 0 Å². The molecule has 1 aromatic heterocycles. The summed E-state index contributed by atoms with van der Waals surface area (Å²) in [4.78, 5) is 20.5. The maximum absolute atomic E-state index is 10.8. The summed E-state index contributed by atoms with van der Waals surface area (Å²) < 4.78 is 1.44. The third-order valence-electron chi connectivity index (χ3n) is 3.38. The van der Waals surface area contributed by atoms with E-state index in [1.165, 1.54) is 35.0 Å². The van der Waals surface area contributed by atoms with Crippen LogP contribution in [0.1, 0.15) is 5.56 Å². The topological polar surface area (TPSA) is 124 Å². The molecule has 0 saturated heterocycles. The second-order valence-electron chi connectivity index (χ2n) is 4.87. The molecule has 0 aliphatic heterocycles. The highest BCUT2D eigenvalue weighted by Gasteiger charge is 2.15. The average Bonchev–Trinajstić information content (AvgIpc) is 2.83. The van der Waals surface area contributed by atoms with Crippen molar-refractivity contribution < 1.29 is 15.0 Å². The molecular formula is C14H10N4O5. The molecule has 0 bridgehead atoms. The number of hydrogen-bond acceptors (Lipinski definition) is 6. The molecular weight excluding hydrogens is 304 g/mol. The van der Waals surface area contributed by atoms with Crippen molar-refractivity contribution in [3.8, 4) is 5.88 Å². The lowest BCUT2D eigenvalue weighted by Crippen LogP contribution is -2.02. The lowest BCUT2D eigenvalue weighted by atomic mass is 10.2. The molecule has 0 aliphatic carbocycles. The zero-order chi connectivity index (χ0) is 16.6. The Morgan fingerprint density at radius 1 is 1.04 bits per heavy atom. The summed E-state index contributed by atoms with van der Waals surface area (Å²) in [5, 5.41) is 35.6. The molecule has 0 radical (unpaired) electrons. The van der Waals surface area contributed by atoms with Gasteiger partial charge in [-0.05, 0) is 11.6 Å². The summed E-state index contributed by atoms with van der Waals surface area (Å²) in [6.45, 7) is 0.191. The number of fused-ring (bicyclic) bond motifs is 1. The molecule has 2 aromatic carbocycles. The number of benzene rings is 2. The number of nitrogens with zero attached hydrogens (tertiary/aromatic N) is 4. The van der Waals surface area contributed by atoms with Crippen molar-refractivity contribution in [3.05, 3.63) is 68.3 Å². The molecule has 0 atom stereocenters. The second-order valence-corrected chi connectivity index (χ2v) is 4.87. The Hall–Kier alpha value is -3.49. The van der Waals surface area contributed by atoms with E-state index in [9.17, 15) is 25.3 Å². The van der Waals surface area contributed by atoms with Gasteiger partial charge < -0.3 is 5.11 Å². The molecule has 9 nitrogen and oxygen atoms in total. The maximum Gasteiger partial charge on any atom is 0.270 e. The minimum Gasteiger partial charge on any atom is -0.492 e. The van der Waals surface area contributed by atoms with Crippen molar-refractivity contribution in [1.29, 1.82) is 0 Å². The van der Waals surface area contributed by atoms with Crippen LogP contribution >= 0.6 is 0 Å². The van der Waals surface area contributed by atoms with Crippen molar-refractivity contribution in [3.63, 3.8) is 0 Å². The first-order valence-corrected chi connectivity index (χ1v) is 6.53. The SMILES string of the molecule is O=[N+]([O-])c1cccc(Cn2nc(O)c3cc([N+](=O)[O-])ccc32)c1. The standard InChI is InChI=1S/C14H10N4O5/c19-14-12-7-11(18(22)23)4-5-13(12)16(15-14)8-9-2-1-3-10(6-9)17(20)21/h1-7H,8H2,(H,15,19). The normalized spacial score (nSPS) is 10.8. The van der Waals surface area contributed by atoms with E-state index in [0.717, 1.165) is 0 Å². The number of hydrogen-bond donors (Lipinski definition) is 1. The van der Waals surface area contributed by atoms with Crippen LogP contribution in [0.5, 0.6) is 5.88 Å². The average molecular weight is 314 g/mol. The van der Waals surface area contributed by atoms with Crippen LogP contribution in [-0.4, -0.2) is 24.7 Å². The molecule has 0 saturated carbocycles. The van der Waals surface area contributed by atoms with E-state index in [0.29, 0.717) is 11.1 Å². The predicted molar refractivity (Wildman–Crippen MR) is 80.3 cm³/mol. The van der Waals surface area contributed by atoms with E-state index >= 15 is 0 Å². The van der Waals surface area contributed by atoms with Crippen molar-refractivity contribution in [2.24, 2.45) is 0 Å². The zero-order valence-electron chi connectivity index (χ0n) is 11.6. The second kappa shape index (κ2) is 5.37. The van der Waals surface area contributed by atoms with E-state index in [-0.39, 0.29) is 29.2 Å². The molecule has 3 aromatic rings. The first-order chi connectivity index (χ1) is 11.0. The fraction of sp³-hybridized carbons (Fsp3) is 0.0714. The van der Waals surface area contributed by atoms with Crippen LogP contribution in [0.4, 0.5) is 11.4 Å². The Balaban J connectivity index is 2.02. The van der Waals surface area contributed by atoms with Gasteiger partial charge in [0.1, 0.15) is 0 Å². The molecule has 0 fully saturated rings. The first-order valence-electron chi connectivity index (χ1n) is 6.53. The summed E-state index contributed by atoms with van der Waals surface area (Å²) in [6.07, 6.45) is 0. The first kappa shape index (κ1) is 14.4. The van der Waals surface area contributed by atoms with Crippen molar-refractivity contribution >= 4 is 22.3 Å². The molecule has 9 heteroatoms. The van der Waals surface area contributed by atoms with Crippen LogP contribution < -0.4 is 0 Å². The smallest absolute Gasteiger partial charge is 0.270 e. The Morgan fingerprint density at radius 2 is 1.74 bits per heavy atom. The number of aromatic nitrogens is 2. The van der Waals surface area contributed by atoms with Crippen LogP contribution in [0.15, 0.2) is 42.5 Å². The van der Waals surface area contributed by atoms with Gasteiger partial charge in [-0.1, -0.05) is 12.1 Å². The lowest BCUT2D eigenvalue weighted by molar-refractivity contribution is -0.385. The lowest BCUT2D eigenvalue weighted by Gasteiger charge is -2.03. The van der Waals surface area contributed by atoms with Gasteiger partial charge in [-0.15, -0.1) is 5.10 Å². The molecule has 0 unspecified atom stereocenters. The summed E-state index contributed by atoms with van der Waals surface area (Å²) in [6, 6.07) is 10.1. The van der Waals surface area contributed by atoms with E-state index in [1.807, 2.05) is 0 Å². The van der Waals surface area contributed by atoms with E-state index in [4.69, 9.17) is 0 Å². The minimum absolute atomic E-state index is 0.0428. The fourth-order valence-electron chi connectivity index (χ4n) is 2.33. The van der Waals surface area contributed by atoms with Crippen LogP contribution in [0.3, 0.4) is 0 Å². The van der Waals surface area contributed by atoms with Crippen LogP contribution in [-0.2, 0) is 6.54 Å². The van der Waals surface area contributed by atoms with Gasteiger partial charge in [0.25, 0.3) is 11.4 Å². The van der Waals surface area contributed by atoms with E-state index in [1.54, 1.807) is 12.1 Å². The van der Waals surface area contributed by atoms with Gasteiger partial charge in [0.05, 0.1) is 27.3 Å².